The van der Waals surface area contributed by atoms with E-state index in [1.54, 1.807) is 17.1 Å². The number of aromatic nitrogens is 5. The van der Waals surface area contributed by atoms with Crippen LogP contribution in [0, 0.1) is 0 Å². The van der Waals surface area contributed by atoms with Crippen molar-refractivity contribution in [2.45, 2.75) is 26.4 Å². The summed E-state index contributed by atoms with van der Waals surface area (Å²) in [5.41, 5.74) is 2.87. The van der Waals surface area contributed by atoms with Gasteiger partial charge in [-0.05, 0) is 35.9 Å². The first kappa shape index (κ1) is 17.0. The molecule has 1 N–H and O–H groups in total. The van der Waals surface area contributed by atoms with E-state index in [1.807, 2.05) is 60.2 Å². The van der Waals surface area contributed by atoms with Crippen LogP contribution in [0.1, 0.15) is 18.3 Å². The minimum atomic E-state index is -0.0506. The van der Waals surface area contributed by atoms with Crippen LogP contribution in [0.5, 0.6) is 0 Å². The maximum Gasteiger partial charge on any atom is 0.240 e. The van der Waals surface area contributed by atoms with Crippen LogP contribution < -0.4 is 5.32 Å². The van der Waals surface area contributed by atoms with Crippen LogP contribution in [0.25, 0.3) is 16.9 Å². The first-order valence-electron chi connectivity index (χ1n) is 8.90. The van der Waals surface area contributed by atoms with Crippen molar-refractivity contribution < 1.29 is 4.79 Å². The first-order chi connectivity index (χ1) is 13.2. The Balaban J connectivity index is 1.46. The summed E-state index contributed by atoms with van der Waals surface area (Å²) in [5, 5.41) is 7.16. The molecule has 0 aliphatic heterocycles. The van der Waals surface area contributed by atoms with Crippen molar-refractivity contribution in [1.29, 1.82) is 0 Å². The van der Waals surface area contributed by atoms with E-state index in [9.17, 15) is 4.79 Å². The van der Waals surface area contributed by atoms with Gasteiger partial charge in [0.2, 0.25) is 5.91 Å². The highest BCUT2D eigenvalue weighted by molar-refractivity contribution is 5.81. The van der Waals surface area contributed by atoms with E-state index in [2.05, 4.69) is 20.4 Å². The van der Waals surface area contributed by atoms with Crippen LogP contribution in [0.15, 0.2) is 61.1 Å². The summed E-state index contributed by atoms with van der Waals surface area (Å²) in [5.74, 6) is 1.59. The number of nitrogens with one attached hydrogen (secondary N) is 1. The molecule has 0 aliphatic carbocycles. The van der Waals surface area contributed by atoms with Gasteiger partial charge in [-0.2, -0.15) is 5.10 Å². The highest BCUT2D eigenvalue weighted by atomic mass is 16.1. The van der Waals surface area contributed by atoms with Gasteiger partial charge in [-0.3, -0.25) is 4.79 Å². The van der Waals surface area contributed by atoms with E-state index in [1.165, 1.54) is 0 Å². The SMILES string of the molecule is CCc1nc2ccccc2n1CC(=O)NCc1ccnc(-n2cccn2)c1. The molecule has 7 nitrogen and oxygen atoms in total. The highest BCUT2D eigenvalue weighted by Crippen LogP contribution is 2.16. The summed E-state index contributed by atoms with van der Waals surface area (Å²) in [7, 11) is 0. The molecule has 27 heavy (non-hydrogen) atoms. The lowest BCUT2D eigenvalue weighted by molar-refractivity contribution is -0.121. The summed E-state index contributed by atoms with van der Waals surface area (Å²) >= 11 is 0. The Morgan fingerprint density at radius 3 is 2.85 bits per heavy atom. The topological polar surface area (TPSA) is 77.6 Å². The Hall–Kier alpha value is -3.48. The van der Waals surface area contributed by atoms with Crippen molar-refractivity contribution >= 4 is 16.9 Å². The molecule has 0 saturated carbocycles. The van der Waals surface area contributed by atoms with E-state index in [0.29, 0.717) is 6.54 Å². The van der Waals surface area contributed by atoms with Gasteiger partial charge in [0.05, 0.1) is 11.0 Å². The number of carbonyl (C=O) groups is 1. The number of aryl methyl sites for hydroxylation is 1. The Bertz CT molecular complexity index is 1070. The van der Waals surface area contributed by atoms with Crippen molar-refractivity contribution in [3.05, 3.63) is 72.4 Å². The van der Waals surface area contributed by atoms with E-state index in [4.69, 9.17) is 0 Å². The van der Waals surface area contributed by atoms with Crippen molar-refractivity contribution in [2.24, 2.45) is 0 Å². The second-order valence-corrected chi connectivity index (χ2v) is 6.21. The van der Waals surface area contributed by atoms with Gasteiger partial charge >= 0.3 is 0 Å². The number of fused-ring (bicyclic) bond motifs is 1. The van der Waals surface area contributed by atoms with Gasteiger partial charge in [-0.1, -0.05) is 19.1 Å². The molecule has 4 aromatic rings. The maximum atomic E-state index is 12.5. The molecular formula is C20H20N6O. The van der Waals surface area contributed by atoms with Crippen LogP contribution in [0.3, 0.4) is 0 Å². The number of rotatable bonds is 6. The number of carbonyl (C=O) groups excluding carboxylic acids is 1. The predicted octanol–water partition coefficient (Wildman–Crippen LogP) is 2.50. The van der Waals surface area contributed by atoms with Crippen LogP contribution >= 0.6 is 0 Å². The third-order valence-corrected chi connectivity index (χ3v) is 4.39. The van der Waals surface area contributed by atoms with E-state index in [-0.39, 0.29) is 12.5 Å². The predicted molar refractivity (Wildman–Crippen MR) is 102 cm³/mol. The molecule has 1 amide bonds. The molecule has 4 rings (SSSR count). The van der Waals surface area contributed by atoms with Gasteiger partial charge < -0.3 is 9.88 Å². The minimum absolute atomic E-state index is 0.0506. The largest absolute Gasteiger partial charge is 0.350 e. The smallest absolute Gasteiger partial charge is 0.240 e. The van der Waals surface area contributed by atoms with Gasteiger partial charge in [0, 0.05) is 31.6 Å². The third-order valence-electron chi connectivity index (χ3n) is 4.39. The molecule has 0 saturated heterocycles. The Kier molecular flexibility index (Phi) is 4.65. The maximum absolute atomic E-state index is 12.5. The molecule has 0 atom stereocenters. The fraction of sp³-hybridized carbons (Fsp3) is 0.200. The number of benzene rings is 1. The number of amides is 1. The molecule has 1 aromatic carbocycles. The molecule has 0 bridgehead atoms. The molecule has 0 radical (unpaired) electrons. The van der Waals surface area contributed by atoms with Crippen LogP contribution in [-0.2, 0) is 24.3 Å². The molecule has 3 aromatic heterocycles. The summed E-state index contributed by atoms with van der Waals surface area (Å²) in [6.07, 6.45) is 6.04. The van der Waals surface area contributed by atoms with Gasteiger partial charge in [0.1, 0.15) is 12.4 Å². The number of imidazole rings is 1. The molecular weight excluding hydrogens is 340 g/mol. The number of hydrogen-bond donors (Lipinski definition) is 1. The Labute approximate surface area is 156 Å². The lowest BCUT2D eigenvalue weighted by Crippen LogP contribution is -2.27. The lowest BCUT2D eigenvalue weighted by Gasteiger charge is -2.10. The Morgan fingerprint density at radius 1 is 1.15 bits per heavy atom. The molecule has 3 heterocycles. The first-order valence-corrected chi connectivity index (χ1v) is 8.90. The molecule has 0 aliphatic rings. The highest BCUT2D eigenvalue weighted by Gasteiger charge is 2.12. The zero-order chi connectivity index (χ0) is 18.6. The quantitative estimate of drug-likeness (QED) is 0.573. The van der Waals surface area contributed by atoms with Crippen molar-refractivity contribution in [3.63, 3.8) is 0 Å². The number of pyridine rings is 1. The summed E-state index contributed by atoms with van der Waals surface area (Å²) < 4.78 is 3.67. The van der Waals surface area contributed by atoms with Gasteiger partial charge in [-0.25, -0.2) is 14.6 Å². The Morgan fingerprint density at radius 2 is 2.04 bits per heavy atom. The normalized spacial score (nSPS) is 11.0. The van der Waals surface area contributed by atoms with Crippen molar-refractivity contribution in [3.8, 4) is 5.82 Å². The van der Waals surface area contributed by atoms with Gasteiger partial charge in [0.25, 0.3) is 0 Å². The third kappa shape index (κ3) is 3.57. The second-order valence-electron chi connectivity index (χ2n) is 6.21. The standard InChI is InChI=1S/C20H20N6O/c1-2-18-24-16-6-3-4-7-17(16)25(18)14-20(27)22-13-15-8-10-21-19(12-15)26-11-5-9-23-26/h3-12H,2,13-14H2,1H3,(H,22,27). The molecule has 0 fully saturated rings. The van der Waals surface area contributed by atoms with Crippen LogP contribution in [0.4, 0.5) is 0 Å². The van der Waals surface area contributed by atoms with Crippen LogP contribution in [-0.4, -0.2) is 30.2 Å². The number of nitrogens with zero attached hydrogens (tertiary/aromatic N) is 5. The second kappa shape index (κ2) is 7.41. The zero-order valence-corrected chi connectivity index (χ0v) is 15.0. The monoisotopic (exact) mass is 360 g/mol. The average molecular weight is 360 g/mol. The fourth-order valence-electron chi connectivity index (χ4n) is 3.07. The number of hydrogen-bond acceptors (Lipinski definition) is 4. The van der Waals surface area contributed by atoms with E-state index < -0.39 is 0 Å². The van der Waals surface area contributed by atoms with E-state index in [0.717, 1.165) is 34.7 Å². The van der Waals surface area contributed by atoms with Gasteiger partial charge in [0.15, 0.2) is 5.82 Å². The fourth-order valence-corrected chi connectivity index (χ4v) is 3.07. The summed E-state index contributed by atoms with van der Waals surface area (Å²) in [4.78, 5) is 21.4. The average Bonchev–Trinajstić information content (AvgIpc) is 3.35. The zero-order valence-electron chi connectivity index (χ0n) is 15.0. The number of para-hydroxylation sites is 2. The molecule has 136 valence electrons. The van der Waals surface area contributed by atoms with Gasteiger partial charge in [-0.15, -0.1) is 0 Å². The van der Waals surface area contributed by atoms with E-state index >= 15 is 0 Å². The van der Waals surface area contributed by atoms with Crippen molar-refractivity contribution in [1.82, 2.24) is 29.6 Å². The van der Waals surface area contributed by atoms with Crippen LogP contribution in [0.2, 0.25) is 0 Å². The summed E-state index contributed by atoms with van der Waals surface area (Å²) in [6.45, 7) is 2.73. The molecule has 7 heteroatoms. The lowest BCUT2D eigenvalue weighted by atomic mass is 10.2. The van der Waals surface area contributed by atoms with Crippen molar-refractivity contribution in [2.75, 3.05) is 0 Å². The molecule has 0 unspecified atom stereocenters. The summed E-state index contributed by atoms with van der Waals surface area (Å²) in [6, 6.07) is 13.5. The minimum Gasteiger partial charge on any atom is -0.350 e. The molecule has 0 spiro atoms.